The summed E-state index contributed by atoms with van der Waals surface area (Å²) in [6, 6.07) is 88.9. The van der Waals surface area contributed by atoms with Crippen molar-refractivity contribution in [3.63, 3.8) is 0 Å². The zero-order chi connectivity index (χ0) is 40.3. The highest BCUT2D eigenvalue weighted by molar-refractivity contribution is 6.24. The molecule has 0 radical (unpaired) electrons. The largest absolute Gasteiger partial charge is 0.310 e. The van der Waals surface area contributed by atoms with Crippen LogP contribution in [0.15, 0.2) is 243 Å². The van der Waals surface area contributed by atoms with Crippen LogP contribution in [0.25, 0.3) is 60.5 Å². The normalized spacial score (nSPS) is 12.7. The van der Waals surface area contributed by atoms with Crippen LogP contribution in [0.1, 0.15) is 22.3 Å². The van der Waals surface area contributed by atoms with E-state index < -0.39 is 5.41 Å². The van der Waals surface area contributed by atoms with E-state index in [9.17, 15) is 0 Å². The molecule has 10 aromatic carbocycles. The highest BCUT2D eigenvalue weighted by Crippen LogP contribution is 2.56. The summed E-state index contributed by atoms with van der Waals surface area (Å²) in [7, 11) is 0. The van der Waals surface area contributed by atoms with E-state index in [-0.39, 0.29) is 0 Å². The van der Waals surface area contributed by atoms with E-state index in [1.165, 1.54) is 77.1 Å². The predicted molar refractivity (Wildman–Crippen MR) is 256 cm³/mol. The number of hydrogen-bond donors (Lipinski definition) is 0. The number of para-hydroxylation sites is 2. The van der Waals surface area contributed by atoms with E-state index in [4.69, 9.17) is 0 Å². The third-order valence-electron chi connectivity index (χ3n) is 12.8. The number of rotatable bonds is 7. The van der Waals surface area contributed by atoms with Gasteiger partial charge in [0.05, 0.1) is 16.4 Å². The molecule has 2 nitrogen and oxygen atoms in total. The Labute approximate surface area is 355 Å². The second kappa shape index (κ2) is 14.1. The van der Waals surface area contributed by atoms with Crippen molar-refractivity contribution >= 4 is 49.6 Å². The van der Waals surface area contributed by atoms with Crippen molar-refractivity contribution in [1.82, 2.24) is 4.57 Å². The third kappa shape index (κ3) is 5.36. The van der Waals surface area contributed by atoms with Crippen molar-refractivity contribution in [1.29, 1.82) is 0 Å². The van der Waals surface area contributed by atoms with Gasteiger partial charge in [-0.05, 0) is 111 Å². The average Bonchev–Trinajstić information content (AvgIpc) is 3.84. The van der Waals surface area contributed by atoms with Crippen LogP contribution in [0.2, 0.25) is 0 Å². The van der Waals surface area contributed by atoms with E-state index in [1.807, 2.05) is 0 Å². The maximum Gasteiger partial charge on any atom is 0.0713 e. The molecule has 1 heterocycles. The number of fused-ring (bicyclic) bond motifs is 8. The molecule has 2 heteroatoms. The molecule has 0 bridgehead atoms. The van der Waals surface area contributed by atoms with Gasteiger partial charge in [-0.2, -0.15) is 0 Å². The minimum absolute atomic E-state index is 0.459. The summed E-state index contributed by atoms with van der Waals surface area (Å²) in [4.78, 5) is 2.41. The molecular weight excluding hydrogens is 737 g/mol. The van der Waals surface area contributed by atoms with Crippen molar-refractivity contribution in [2.45, 2.75) is 5.41 Å². The summed E-state index contributed by atoms with van der Waals surface area (Å²) in [5, 5.41) is 4.91. The van der Waals surface area contributed by atoms with Gasteiger partial charge in [-0.25, -0.2) is 0 Å². The summed E-state index contributed by atoms with van der Waals surface area (Å²) < 4.78 is 2.46. The monoisotopic (exact) mass is 776 g/mol. The predicted octanol–water partition coefficient (Wildman–Crippen LogP) is 15.4. The van der Waals surface area contributed by atoms with Crippen molar-refractivity contribution in [2.75, 3.05) is 4.90 Å². The van der Waals surface area contributed by atoms with Crippen molar-refractivity contribution in [3.8, 4) is 27.9 Å². The molecule has 0 fully saturated rings. The second-order valence-electron chi connectivity index (χ2n) is 16.0. The number of nitrogens with zero attached hydrogens (tertiary/aromatic N) is 2. The summed E-state index contributed by atoms with van der Waals surface area (Å²) in [6.45, 7) is 0. The minimum Gasteiger partial charge on any atom is -0.310 e. The lowest BCUT2D eigenvalue weighted by Gasteiger charge is -2.34. The maximum absolute atomic E-state index is 2.46. The summed E-state index contributed by atoms with van der Waals surface area (Å²) in [5.41, 5.74) is 16.5. The van der Waals surface area contributed by atoms with Gasteiger partial charge in [0.25, 0.3) is 0 Å². The number of benzene rings is 10. The molecule has 1 aliphatic carbocycles. The zero-order valence-electron chi connectivity index (χ0n) is 33.5. The molecule has 0 spiro atoms. The molecule has 0 N–H and O–H groups in total. The highest BCUT2D eigenvalue weighted by atomic mass is 15.1. The molecule has 286 valence electrons. The van der Waals surface area contributed by atoms with Gasteiger partial charge in [0, 0.05) is 38.9 Å². The zero-order valence-corrected chi connectivity index (χ0v) is 33.5. The Bertz CT molecular complexity index is 3340. The Kier molecular flexibility index (Phi) is 8.11. The Hall–Kier alpha value is -7.94. The van der Waals surface area contributed by atoms with Crippen molar-refractivity contribution in [2.24, 2.45) is 0 Å². The van der Waals surface area contributed by atoms with Crippen LogP contribution in [-0.2, 0) is 5.41 Å². The fourth-order valence-electron chi connectivity index (χ4n) is 10.3. The van der Waals surface area contributed by atoms with Crippen LogP contribution < -0.4 is 4.90 Å². The first kappa shape index (κ1) is 35.0. The Morgan fingerprint density at radius 1 is 0.361 bits per heavy atom. The molecule has 11 aromatic rings. The standard InChI is InChI=1S/C59H40N2/c1-5-19-41(20-6-1)52-39-42-21-13-14-28-49(42)58-57(52)53-40-48(37-38-56(53)61(58)46-26-11-4-12-27-46)60(45-24-9-3-10-25-45)47-35-33-44(34-36-47)59(43-22-7-2-8-23-43)54-31-17-15-29-50(54)51-30-16-18-32-55(51)59/h1-40H. The van der Waals surface area contributed by atoms with Gasteiger partial charge in [0.2, 0.25) is 0 Å². The SMILES string of the molecule is c1ccc(-c2cc3ccccc3c3c2c2cc(N(c4ccccc4)c4ccc(C5(c6ccccc6)c6ccccc6-c6ccccc65)cc4)ccc2n3-c2ccccc2)cc1. The van der Waals surface area contributed by atoms with Gasteiger partial charge in [0.1, 0.15) is 0 Å². The molecule has 0 amide bonds. The second-order valence-corrected chi connectivity index (χ2v) is 16.0. The number of aromatic nitrogens is 1. The third-order valence-corrected chi connectivity index (χ3v) is 12.8. The van der Waals surface area contributed by atoms with Gasteiger partial charge in [0.15, 0.2) is 0 Å². The topological polar surface area (TPSA) is 8.17 Å². The van der Waals surface area contributed by atoms with Gasteiger partial charge in [-0.15, -0.1) is 0 Å². The van der Waals surface area contributed by atoms with Crippen LogP contribution in [0.4, 0.5) is 17.1 Å². The van der Waals surface area contributed by atoms with Crippen LogP contribution in [0, 0.1) is 0 Å². The number of hydrogen-bond acceptors (Lipinski definition) is 1. The van der Waals surface area contributed by atoms with E-state index in [0.717, 1.165) is 22.7 Å². The lowest BCUT2D eigenvalue weighted by Crippen LogP contribution is -2.28. The molecular formula is C59H40N2. The van der Waals surface area contributed by atoms with Gasteiger partial charge in [-0.3, -0.25) is 0 Å². The summed E-state index contributed by atoms with van der Waals surface area (Å²) >= 11 is 0. The van der Waals surface area contributed by atoms with Crippen LogP contribution >= 0.6 is 0 Å². The molecule has 0 saturated heterocycles. The first-order chi connectivity index (χ1) is 30.3. The van der Waals surface area contributed by atoms with Crippen molar-refractivity contribution in [3.05, 3.63) is 265 Å². The first-order valence-electron chi connectivity index (χ1n) is 21.1. The molecule has 1 aliphatic rings. The van der Waals surface area contributed by atoms with E-state index in [1.54, 1.807) is 0 Å². The molecule has 1 aromatic heterocycles. The quantitative estimate of drug-likeness (QED) is 0.156. The lowest BCUT2D eigenvalue weighted by atomic mass is 9.68. The highest BCUT2D eigenvalue weighted by Gasteiger charge is 2.45. The maximum atomic E-state index is 2.46. The van der Waals surface area contributed by atoms with E-state index in [0.29, 0.717) is 0 Å². The van der Waals surface area contributed by atoms with Crippen LogP contribution in [-0.4, -0.2) is 4.57 Å². The van der Waals surface area contributed by atoms with E-state index in [2.05, 4.69) is 252 Å². The molecule has 12 rings (SSSR count). The smallest absolute Gasteiger partial charge is 0.0713 e. The first-order valence-corrected chi connectivity index (χ1v) is 21.1. The Morgan fingerprint density at radius 3 is 1.57 bits per heavy atom. The van der Waals surface area contributed by atoms with Gasteiger partial charge >= 0.3 is 0 Å². The van der Waals surface area contributed by atoms with Gasteiger partial charge in [-0.1, -0.05) is 182 Å². The lowest BCUT2D eigenvalue weighted by molar-refractivity contribution is 0.768. The molecule has 61 heavy (non-hydrogen) atoms. The molecule has 0 atom stereocenters. The van der Waals surface area contributed by atoms with Crippen LogP contribution in [0.3, 0.4) is 0 Å². The fourth-order valence-corrected chi connectivity index (χ4v) is 10.3. The minimum atomic E-state index is -0.459. The van der Waals surface area contributed by atoms with E-state index >= 15 is 0 Å². The Balaban J connectivity index is 1.10. The molecule has 0 saturated carbocycles. The summed E-state index contributed by atoms with van der Waals surface area (Å²) in [5.74, 6) is 0. The van der Waals surface area contributed by atoms with Crippen LogP contribution in [0.5, 0.6) is 0 Å². The fraction of sp³-hybridized carbons (Fsp3) is 0.0169. The number of anilines is 3. The average molecular weight is 777 g/mol. The Morgan fingerprint density at radius 2 is 0.885 bits per heavy atom. The summed E-state index contributed by atoms with van der Waals surface area (Å²) in [6.07, 6.45) is 0. The molecule has 0 aliphatic heterocycles. The van der Waals surface area contributed by atoms with Gasteiger partial charge < -0.3 is 9.47 Å². The van der Waals surface area contributed by atoms with Crippen molar-refractivity contribution < 1.29 is 0 Å². The molecule has 0 unspecified atom stereocenters.